The quantitative estimate of drug-likeness (QED) is 0.605. The van der Waals surface area contributed by atoms with E-state index in [1.807, 2.05) is 0 Å². The minimum absolute atomic E-state index is 0.444. The van der Waals surface area contributed by atoms with Gasteiger partial charge in [0.05, 0.1) is 6.10 Å². The third-order valence-electron chi connectivity index (χ3n) is 0.861. The Morgan fingerprint density at radius 3 is 2.22 bits per heavy atom. The summed E-state index contributed by atoms with van der Waals surface area (Å²) in [6, 6.07) is 0. The van der Waals surface area contributed by atoms with Crippen LogP contribution in [0.2, 0.25) is 0 Å². The first kappa shape index (κ1) is 8.87. The van der Waals surface area contributed by atoms with Crippen molar-refractivity contribution < 1.29 is 17.2 Å². The second-order valence-corrected chi connectivity index (χ2v) is 2.79. The fourth-order valence-corrected chi connectivity index (χ4v) is 0.827. The molecule has 0 saturated carbocycles. The highest BCUT2D eigenvalue weighted by atomic mass is 32.3. The van der Waals surface area contributed by atoms with Crippen molar-refractivity contribution in [2.24, 2.45) is 0 Å². The second-order valence-electron chi connectivity index (χ2n) is 1.74. The average molecular weight is 154 g/mol. The van der Waals surface area contributed by atoms with E-state index in [2.05, 4.69) is 4.18 Å². The summed E-state index contributed by atoms with van der Waals surface area (Å²) >= 11 is 0. The molecule has 0 bridgehead atoms. The summed E-state index contributed by atoms with van der Waals surface area (Å²) < 4.78 is 32.1. The third kappa shape index (κ3) is 5.75. The van der Waals surface area contributed by atoms with E-state index in [0.717, 1.165) is 0 Å². The molecule has 1 unspecified atom stereocenters. The lowest BCUT2D eigenvalue weighted by Gasteiger charge is -2.04. The summed E-state index contributed by atoms with van der Waals surface area (Å²) in [5, 5.41) is 0. The van der Waals surface area contributed by atoms with Crippen molar-refractivity contribution in [1.29, 1.82) is 0 Å². The Hall–Kier alpha value is -0.130. The monoisotopic (exact) mass is 154 g/mol. The largest absolute Gasteiger partial charge is 0.397 e. The Morgan fingerprint density at radius 2 is 2.11 bits per heavy atom. The van der Waals surface area contributed by atoms with Crippen LogP contribution in [0.4, 0.5) is 0 Å². The highest BCUT2D eigenvalue weighted by Gasteiger charge is 2.08. The SMILES string of the molecule is CCC(C)OS(=O)(=O)O. The molecular weight excluding hydrogens is 144 g/mol. The molecule has 0 fully saturated rings. The van der Waals surface area contributed by atoms with Gasteiger partial charge in [0.25, 0.3) is 0 Å². The molecule has 9 heavy (non-hydrogen) atoms. The van der Waals surface area contributed by atoms with Crippen LogP contribution in [0.15, 0.2) is 0 Å². The summed E-state index contributed by atoms with van der Waals surface area (Å²) in [7, 11) is -4.24. The van der Waals surface area contributed by atoms with Gasteiger partial charge >= 0.3 is 10.4 Å². The lowest BCUT2D eigenvalue weighted by molar-refractivity contribution is 0.194. The third-order valence-corrected chi connectivity index (χ3v) is 1.43. The number of hydrogen-bond donors (Lipinski definition) is 1. The maximum absolute atomic E-state index is 9.93. The van der Waals surface area contributed by atoms with Gasteiger partial charge in [-0.15, -0.1) is 0 Å². The van der Waals surface area contributed by atoms with Crippen LogP contribution in [0, 0.1) is 0 Å². The molecule has 5 heteroatoms. The summed E-state index contributed by atoms with van der Waals surface area (Å²) in [5.74, 6) is 0. The maximum Gasteiger partial charge on any atom is 0.397 e. The smallest absolute Gasteiger partial charge is 0.264 e. The van der Waals surface area contributed by atoms with Crippen LogP contribution in [0.25, 0.3) is 0 Å². The highest BCUT2D eigenvalue weighted by molar-refractivity contribution is 7.80. The first-order chi connectivity index (χ1) is 3.95. The standard InChI is InChI=1S/C4H10O4S/c1-3-4(2)8-9(5,6)7/h4H,3H2,1-2H3,(H,5,6,7). The van der Waals surface area contributed by atoms with E-state index in [1.165, 1.54) is 0 Å². The van der Waals surface area contributed by atoms with Gasteiger partial charge < -0.3 is 0 Å². The molecular formula is C4H10O4S. The normalized spacial score (nSPS) is 15.4. The van der Waals surface area contributed by atoms with Crippen molar-refractivity contribution >= 4 is 10.4 Å². The van der Waals surface area contributed by atoms with E-state index >= 15 is 0 Å². The maximum atomic E-state index is 9.93. The molecule has 0 aliphatic heterocycles. The fraction of sp³-hybridized carbons (Fsp3) is 1.00. The molecule has 1 atom stereocenters. The van der Waals surface area contributed by atoms with Crippen LogP contribution in [-0.4, -0.2) is 19.1 Å². The second kappa shape index (κ2) is 3.14. The molecule has 0 amide bonds. The van der Waals surface area contributed by atoms with Gasteiger partial charge in [-0.2, -0.15) is 8.42 Å². The van der Waals surface area contributed by atoms with Crippen molar-refractivity contribution in [3.8, 4) is 0 Å². The first-order valence-corrected chi connectivity index (χ1v) is 3.98. The van der Waals surface area contributed by atoms with E-state index in [1.54, 1.807) is 13.8 Å². The van der Waals surface area contributed by atoms with Gasteiger partial charge in [0.1, 0.15) is 0 Å². The molecule has 0 aliphatic rings. The summed E-state index contributed by atoms with van der Waals surface area (Å²) in [6.07, 6.45) is 0.111. The number of rotatable bonds is 3. The van der Waals surface area contributed by atoms with Gasteiger partial charge in [-0.3, -0.25) is 4.55 Å². The van der Waals surface area contributed by atoms with Gasteiger partial charge in [0, 0.05) is 0 Å². The predicted molar refractivity (Wildman–Crippen MR) is 32.4 cm³/mol. The zero-order chi connectivity index (χ0) is 7.49. The molecule has 4 nitrogen and oxygen atoms in total. The fourth-order valence-electron chi connectivity index (χ4n) is 0.276. The molecule has 0 rings (SSSR count). The Labute approximate surface area is 54.8 Å². The summed E-state index contributed by atoms with van der Waals surface area (Å²) in [5.41, 5.74) is 0. The van der Waals surface area contributed by atoms with Crippen LogP contribution < -0.4 is 0 Å². The van der Waals surface area contributed by atoms with E-state index in [0.29, 0.717) is 6.42 Å². The zero-order valence-corrected chi connectivity index (χ0v) is 6.18. The Kier molecular flexibility index (Phi) is 3.10. The van der Waals surface area contributed by atoms with E-state index in [4.69, 9.17) is 4.55 Å². The van der Waals surface area contributed by atoms with Crippen molar-refractivity contribution in [3.63, 3.8) is 0 Å². The van der Waals surface area contributed by atoms with Gasteiger partial charge in [-0.25, -0.2) is 4.18 Å². The van der Waals surface area contributed by atoms with Crippen LogP contribution in [0.3, 0.4) is 0 Å². The molecule has 0 spiro atoms. The summed E-state index contributed by atoms with van der Waals surface area (Å²) in [6.45, 7) is 3.32. The molecule has 56 valence electrons. The van der Waals surface area contributed by atoms with Crippen molar-refractivity contribution in [1.82, 2.24) is 0 Å². The van der Waals surface area contributed by atoms with Crippen molar-refractivity contribution in [2.75, 3.05) is 0 Å². The van der Waals surface area contributed by atoms with E-state index < -0.39 is 16.5 Å². The minimum Gasteiger partial charge on any atom is -0.264 e. The summed E-state index contributed by atoms with van der Waals surface area (Å²) in [4.78, 5) is 0. The Balaban J connectivity index is 3.75. The highest BCUT2D eigenvalue weighted by Crippen LogP contribution is 1.99. The van der Waals surface area contributed by atoms with Gasteiger partial charge in [0.2, 0.25) is 0 Å². The lowest BCUT2D eigenvalue weighted by atomic mass is 10.3. The average Bonchev–Trinajstić information content (AvgIpc) is 1.62. The van der Waals surface area contributed by atoms with E-state index in [-0.39, 0.29) is 0 Å². The van der Waals surface area contributed by atoms with Crippen LogP contribution >= 0.6 is 0 Å². The lowest BCUT2D eigenvalue weighted by Crippen LogP contribution is -2.12. The number of hydrogen-bond acceptors (Lipinski definition) is 3. The Morgan fingerprint density at radius 1 is 1.67 bits per heavy atom. The first-order valence-electron chi connectivity index (χ1n) is 2.61. The molecule has 0 aromatic heterocycles. The predicted octanol–water partition coefficient (Wildman–Crippen LogP) is 0.604. The van der Waals surface area contributed by atoms with Crippen LogP contribution in [0.5, 0.6) is 0 Å². The molecule has 0 aromatic carbocycles. The molecule has 0 radical (unpaired) electrons. The van der Waals surface area contributed by atoms with E-state index in [9.17, 15) is 8.42 Å². The Bertz CT molecular complexity index is 159. The van der Waals surface area contributed by atoms with Crippen molar-refractivity contribution in [3.05, 3.63) is 0 Å². The minimum atomic E-state index is -4.24. The molecule has 0 aromatic rings. The molecule has 1 N–H and O–H groups in total. The molecule has 0 heterocycles. The zero-order valence-electron chi connectivity index (χ0n) is 5.36. The molecule has 0 aliphatic carbocycles. The van der Waals surface area contributed by atoms with Crippen LogP contribution in [0.1, 0.15) is 20.3 Å². The molecule has 0 saturated heterocycles. The van der Waals surface area contributed by atoms with Gasteiger partial charge in [-0.05, 0) is 13.3 Å². The van der Waals surface area contributed by atoms with Gasteiger partial charge in [0.15, 0.2) is 0 Å². The topological polar surface area (TPSA) is 63.6 Å². The van der Waals surface area contributed by atoms with Gasteiger partial charge in [-0.1, -0.05) is 6.92 Å². The van der Waals surface area contributed by atoms with Crippen LogP contribution in [-0.2, 0) is 14.6 Å². The van der Waals surface area contributed by atoms with Crippen molar-refractivity contribution in [2.45, 2.75) is 26.4 Å².